The van der Waals surface area contributed by atoms with Crippen LogP contribution in [0.1, 0.15) is 0 Å². The predicted molar refractivity (Wildman–Crippen MR) is 104 cm³/mol. The molecule has 0 aliphatic heterocycles. The van der Waals surface area contributed by atoms with Crippen LogP contribution in [-0.2, 0) is 20.3 Å². The van der Waals surface area contributed by atoms with E-state index >= 15 is 0 Å². The summed E-state index contributed by atoms with van der Waals surface area (Å²) in [5.74, 6) is 0. The zero-order chi connectivity index (χ0) is 17.0. The molecule has 0 radical (unpaired) electrons. The van der Waals surface area contributed by atoms with Gasteiger partial charge in [0.15, 0.2) is 0 Å². The summed E-state index contributed by atoms with van der Waals surface area (Å²) in [6, 6.07) is 44.4. The van der Waals surface area contributed by atoms with E-state index < -0.39 is 20.3 Å². The van der Waals surface area contributed by atoms with Gasteiger partial charge in [0.05, 0.1) is 0 Å². The van der Waals surface area contributed by atoms with Gasteiger partial charge in [0.25, 0.3) is 0 Å². The van der Waals surface area contributed by atoms with E-state index in [0.717, 1.165) is 0 Å². The number of benzene rings is 4. The molecule has 0 nitrogen and oxygen atoms in total. The molecule has 120 valence electrons. The third-order valence-corrected chi connectivity index (χ3v) is 16.6. The summed E-state index contributed by atoms with van der Waals surface area (Å²) in [6.45, 7) is 0. The molecule has 0 saturated carbocycles. The van der Waals surface area contributed by atoms with Crippen LogP contribution in [0, 0.1) is 0 Å². The summed E-state index contributed by atoms with van der Waals surface area (Å²) in [4.78, 5) is 0. The fourth-order valence-corrected chi connectivity index (χ4v) is 15.5. The molecule has 0 spiro atoms. The Hall–Kier alpha value is -2.24. The molecule has 0 saturated heterocycles. The Bertz CT molecular complexity index is 753. The number of rotatable bonds is 4. The average molecular weight is 400 g/mol. The SMILES string of the molecule is c1cc[c]([Zr]([c]2ccccc2)([c]2ccccc2)[c]2ccccc2)cc1. The van der Waals surface area contributed by atoms with Crippen LogP contribution in [0.25, 0.3) is 0 Å². The van der Waals surface area contributed by atoms with E-state index in [0.29, 0.717) is 0 Å². The zero-order valence-corrected chi connectivity index (χ0v) is 16.5. The minimum atomic E-state index is -3.31. The predicted octanol–water partition coefficient (Wildman–Crippen LogP) is 3.44. The van der Waals surface area contributed by atoms with E-state index in [1.165, 1.54) is 13.1 Å². The fourth-order valence-electron chi connectivity index (χ4n) is 3.75. The van der Waals surface area contributed by atoms with Gasteiger partial charge >= 0.3 is 155 Å². The van der Waals surface area contributed by atoms with Crippen molar-refractivity contribution in [2.75, 3.05) is 0 Å². The van der Waals surface area contributed by atoms with E-state index in [2.05, 4.69) is 121 Å². The zero-order valence-electron chi connectivity index (χ0n) is 14.0. The molecule has 0 aromatic heterocycles. The Morgan fingerprint density at radius 2 is 0.480 bits per heavy atom. The molecule has 0 N–H and O–H groups in total. The fraction of sp³-hybridized carbons (Fsp3) is 0. The molecule has 0 aliphatic rings. The van der Waals surface area contributed by atoms with E-state index in [4.69, 9.17) is 0 Å². The van der Waals surface area contributed by atoms with Crippen LogP contribution in [0.15, 0.2) is 121 Å². The summed E-state index contributed by atoms with van der Waals surface area (Å²) in [5.41, 5.74) is 0. The monoisotopic (exact) mass is 398 g/mol. The molecule has 0 amide bonds. The van der Waals surface area contributed by atoms with Gasteiger partial charge in [-0.05, 0) is 0 Å². The van der Waals surface area contributed by atoms with E-state index in [1.807, 2.05) is 0 Å². The second-order valence-electron chi connectivity index (χ2n) is 6.21. The van der Waals surface area contributed by atoms with Crippen LogP contribution >= 0.6 is 0 Å². The van der Waals surface area contributed by atoms with Crippen molar-refractivity contribution in [3.63, 3.8) is 0 Å². The van der Waals surface area contributed by atoms with Crippen molar-refractivity contribution in [1.82, 2.24) is 0 Å². The normalized spacial score (nSPS) is 11.2. The van der Waals surface area contributed by atoms with Crippen molar-refractivity contribution in [3.05, 3.63) is 121 Å². The standard InChI is InChI=1S/4C6H5.Zr/c4*1-2-4-6-5-3-1;/h4*1-5H;. The van der Waals surface area contributed by atoms with Gasteiger partial charge in [0, 0.05) is 0 Å². The summed E-state index contributed by atoms with van der Waals surface area (Å²) >= 11 is -3.31. The van der Waals surface area contributed by atoms with Gasteiger partial charge in [-0.25, -0.2) is 0 Å². The second-order valence-corrected chi connectivity index (χ2v) is 15.6. The van der Waals surface area contributed by atoms with Gasteiger partial charge in [-0.15, -0.1) is 0 Å². The van der Waals surface area contributed by atoms with Crippen LogP contribution in [0.4, 0.5) is 0 Å². The average Bonchev–Trinajstić information content (AvgIpc) is 2.72. The Kier molecular flexibility index (Phi) is 4.77. The first kappa shape index (κ1) is 16.2. The summed E-state index contributed by atoms with van der Waals surface area (Å²) in [7, 11) is 0. The molecule has 0 unspecified atom stereocenters. The Morgan fingerprint density at radius 3 is 0.680 bits per heavy atom. The quantitative estimate of drug-likeness (QED) is 0.493. The van der Waals surface area contributed by atoms with Crippen molar-refractivity contribution in [2.24, 2.45) is 0 Å². The molecule has 0 heterocycles. The third-order valence-electron chi connectivity index (χ3n) is 4.83. The third kappa shape index (κ3) is 2.94. The maximum atomic E-state index is 2.32. The molecule has 25 heavy (non-hydrogen) atoms. The van der Waals surface area contributed by atoms with Crippen molar-refractivity contribution in [2.45, 2.75) is 0 Å². The molecule has 0 bridgehead atoms. The van der Waals surface area contributed by atoms with Crippen molar-refractivity contribution < 1.29 is 20.3 Å². The molecule has 4 rings (SSSR count). The second kappa shape index (κ2) is 7.34. The van der Waals surface area contributed by atoms with Crippen LogP contribution < -0.4 is 13.1 Å². The molecular formula is C24H20Zr. The van der Waals surface area contributed by atoms with Crippen LogP contribution in [0.3, 0.4) is 0 Å². The number of hydrogen-bond donors (Lipinski definition) is 0. The van der Waals surface area contributed by atoms with Gasteiger partial charge in [-0.2, -0.15) is 0 Å². The minimum absolute atomic E-state index is 1.49. The molecule has 0 fully saturated rings. The van der Waals surface area contributed by atoms with Gasteiger partial charge < -0.3 is 0 Å². The number of hydrogen-bond acceptors (Lipinski definition) is 0. The van der Waals surface area contributed by atoms with Gasteiger partial charge in [0.2, 0.25) is 0 Å². The van der Waals surface area contributed by atoms with Gasteiger partial charge in [0.1, 0.15) is 0 Å². The van der Waals surface area contributed by atoms with Crippen LogP contribution in [0.5, 0.6) is 0 Å². The van der Waals surface area contributed by atoms with Gasteiger partial charge in [-0.3, -0.25) is 0 Å². The van der Waals surface area contributed by atoms with Crippen LogP contribution in [0.2, 0.25) is 0 Å². The van der Waals surface area contributed by atoms with Crippen molar-refractivity contribution in [1.29, 1.82) is 0 Å². The summed E-state index contributed by atoms with van der Waals surface area (Å²) < 4.78 is 5.95. The molecule has 1 heteroatoms. The first-order valence-electron chi connectivity index (χ1n) is 8.64. The molecular weight excluding hydrogens is 379 g/mol. The van der Waals surface area contributed by atoms with Crippen molar-refractivity contribution in [3.8, 4) is 0 Å². The Balaban J connectivity index is 2.13. The Labute approximate surface area is 154 Å². The molecule has 0 aliphatic carbocycles. The van der Waals surface area contributed by atoms with E-state index in [-0.39, 0.29) is 0 Å². The van der Waals surface area contributed by atoms with Crippen LogP contribution in [-0.4, -0.2) is 0 Å². The molecule has 4 aromatic rings. The van der Waals surface area contributed by atoms with E-state index in [1.54, 1.807) is 0 Å². The first-order chi connectivity index (χ1) is 12.4. The summed E-state index contributed by atoms with van der Waals surface area (Å²) in [6.07, 6.45) is 0. The Morgan fingerprint density at radius 1 is 0.280 bits per heavy atom. The maximum absolute atomic E-state index is 3.31. The molecule has 0 atom stereocenters. The van der Waals surface area contributed by atoms with E-state index in [9.17, 15) is 0 Å². The van der Waals surface area contributed by atoms with Crippen molar-refractivity contribution >= 4 is 13.1 Å². The topological polar surface area (TPSA) is 0 Å². The molecule has 4 aromatic carbocycles. The first-order valence-corrected chi connectivity index (χ1v) is 13.6. The summed E-state index contributed by atoms with van der Waals surface area (Å²) in [5, 5.41) is 0. The van der Waals surface area contributed by atoms with Gasteiger partial charge in [-0.1, -0.05) is 0 Å².